The van der Waals surface area contributed by atoms with Crippen LogP contribution in [0.15, 0.2) is 53.9 Å². The van der Waals surface area contributed by atoms with Crippen LogP contribution in [0.2, 0.25) is 5.02 Å². The molecule has 0 aliphatic rings. The van der Waals surface area contributed by atoms with E-state index in [9.17, 15) is 14.7 Å². The van der Waals surface area contributed by atoms with Gasteiger partial charge < -0.3 is 5.11 Å². The van der Waals surface area contributed by atoms with Crippen molar-refractivity contribution in [2.45, 2.75) is 6.42 Å². The Labute approximate surface area is 167 Å². The first-order chi connectivity index (χ1) is 13.0. The van der Waals surface area contributed by atoms with Gasteiger partial charge in [0, 0.05) is 10.1 Å². The van der Waals surface area contributed by atoms with Gasteiger partial charge in [-0.1, -0.05) is 35.9 Å². The van der Waals surface area contributed by atoms with Crippen LogP contribution in [0, 0.1) is 0 Å². The Morgan fingerprint density at radius 2 is 1.93 bits per heavy atom. The first kappa shape index (κ1) is 17.8. The van der Waals surface area contributed by atoms with Crippen molar-refractivity contribution in [3.8, 4) is 10.6 Å². The molecule has 0 saturated carbocycles. The molecule has 0 bridgehead atoms. The Morgan fingerprint density at radius 1 is 1.11 bits per heavy atom. The molecule has 3 aromatic heterocycles. The van der Waals surface area contributed by atoms with Gasteiger partial charge in [-0.25, -0.2) is 0 Å². The van der Waals surface area contributed by atoms with Gasteiger partial charge in [0.25, 0.3) is 5.91 Å². The number of aromatic nitrogens is 1. The van der Waals surface area contributed by atoms with E-state index in [0.29, 0.717) is 15.6 Å². The molecule has 27 heavy (non-hydrogen) atoms. The third kappa shape index (κ3) is 3.37. The second kappa shape index (κ2) is 7.19. The molecule has 0 spiro atoms. The Kier molecular flexibility index (Phi) is 4.73. The van der Waals surface area contributed by atoms with E-state index in [-0.39, 0.29) is 12.3 Å². The molecule has 5 nitrogen and oxygen atoms in total. The fourth-order valence-corrected chi connectivity index (χ4v) is 4.98. The zero-order valence-electron chi connectivity index (χ0n) is 13.8. The summed E-state index contributed by atoms with van der Waals surface area (Å²) in [7, 11) is 0. The SMILES string of the molecule is O=C(O)Cc1ccc(-c2cccs2)n1NC(=O)c1sc2ccccc2c1Cl. The zero-order valence-corrected chi connectivity index (χ0v) is 16.2. The van der Waals surface area contributed by atoms with Crippen LogP contribution < -0.4 is 5.43 Å². The monoisotopic (exact) mass is 416 g/mol. The van der Waals surface area contributed by atoms with Gasteiger partial charge in [0.15, 0.2) is 0 Å². The number of halogens is 1. The van der Waals surface area contributed by atoms with Gasteiger partial charge >= 0.3 is 5.97 Å². The number of fused-ring (bicyclic) bond motifs is 1. The molecule has 0 aliphatic carbocycles. The number of benzene rings is 1. The highest BCUT2D eigenvalue weighted by atomic mass is 35.5. The number of carbonyl (C=O) groups is 2. The Morgan fingerprint density at radius 3 is 2.63 bits per heavy atom. The number of thiophene rings is 2. The first-order valence-electron chi connectivity index (χ1n) is 7.99. The molecule has 0 unspecified atom stereocenters. The molecule has 1 amide bonds. The Balaban J connectivity index is 1.74. The highest BCUT2D eigenvalue weighted by Gasteiger charge is 2.20. The molecule has 0 atom stereocenters. The molecule has 0 aliphatic heterocycles. The van der Waals surface area contributed by atoms with Crippen molar-refractivity contribution in [3.05, 3.63) is 69.5 Å². The summed E-state index contributed by atoms with van der Waals surface area (Å²) < 4.78 is 2.45. The van der Waals surface area contributed by atoms with E-state index in [2.05, 4.69) is 5.43 Å². The van der Waals surface area contributed by atoms with Crippen molar-refractivity contribution in [2.24, 2.45) is 0 Å². The molecule has 4 rings (SSSR count). The molecular weight excluding hydrogens is 404 g/mol. The second-order valence-corrected chi connectivity index (χ2v) is 8.15. The van der Waals surface area contributed by atoms with E-state index in [1.165, 1.54) is 27.3 Å². The molecule has 2 N–H and O–H groups in total. The lowest BCUT2D eigenvalue weighted by atomic mass is 10.2. The summed E-state index contributed by atoms with van der Waals surface area (Å²) in [6.45, 7) is 0. The number of carboxylic acid groups (broad SMARTS) is 1. The Bertz CT molecular complexity index is 1150. The fourth-order valence-electron chi connectivity index (χ4n) is 2.83. The molecular formula is C19H13ClN2O3S2. The maximum Gasteiger partial charge on any atom is 0.309 e. The molecule has 4 aromatic rings. The van der Waals surface area contributed by atoms with Gasteiger partial charge in [-0.3, -0.25) is 19.7 Å². The maximum absolute atomic E-state index is 12.9. The van der Waals surface area contributed by atoms with Crippen molar-refractivity contribution in [1.82, 2.24) is 4.68 Å². The summed E-state index contributed by atoms with van der Waals surface area (Å²) in [5.41, 5.74) is 4.03. The van der Waals surface area contributed by atoms with E-state index in [0.717, 1.165) is 20.7 Å². The zero-order chi connectivity index (χ0) is 19.0. The number of nitrogens with one attached hydrogen (secondary N) is 1. The maximum atomic E-state index is 12.9. The largest absolute Gasteiger partial charge is 0.481 e. The van der Waals surface area contributed by atoms with Gasteiger partial charge in [0.05, 0.1) is 27.7 Å². The quantitative estimate of drug-likeness (QED) is 0.475. The number of carbonyl (C=O) groups excluding carboxylic acids is 1. The highest BCUT2D eigenvalue weighted by Crippen LogP contribution is 2.35. The summed E-state index contributed by atoms with van der Waals surface area (Å²) in [6, 6.07) is 14.9. The van der Waals surface area contributed by atoms with Crippen LogP contribution >= 0.6 is 34.3 Å². The standard InChI is InChI=1S/C19H13ClN2O3S2/c20-17-12-4-1-2-5-14(12)27-18(17)19(25)21-22-11(10-16(23)24)7-8-13(22)15-6-3-9-26-15/h1-9H,10H2,(H,21,25)(H,23,24). The average Bonchev–Trinajstić information content (AvgIpc) is 3.36. The number of hydrogen-bond donors (Lipinski definition) is 2. The average molecular weight is 417 g/mol. The van der Waals surface area contributed by atoms with E-state index < -0.39 is 5.97 Å². The second-order valence-electron chi connectivity index (χ2n) is 5.78. The van der Waals surface area contributed by atoms with Gasteiger partial charge in [-0.05, 0) is 29.6 Å². The van der Waals surface area contributed by atoms with Crippen molar-refractivity contribution in [2.75, 3.05) is 5.43 Å². The lowest BCUT2D eigenvalue weighted by molar-refractivity contribution is -0.136. The van der Waals surface area contributed by atoms with Crippen LogP contribution in [0.3, 0.4) is 0 Å². The highest BCUT2D eigenvalue weighted by molar-refractivity contribution is 7.21. The van der Waals surface area contributed by atoms with Gasteiger partial charge in [0.2, 0.25) is 0 Å². The van der Waals surface area contributed by atoms with E-state index in [4.69, 9.17) is 11.6 Å². The van der Waals surface area contributed by atoms with Crippen LogP contribution in [-0.4, -0.2) is 21.7 Å². The van der Waals surface area contributed by atoms with Gasteiger partial charge in [0.1, 0.15) is 4.88 Å². The van der Waals surface area contributed by atoms with Crippen LogP contribution in [0.5, 0.6) is 0 Å². The van der Waals surface area contributed by atoms with Crippen molar-refractivity contribution < 1.29 is 14.7 Å². The lowest BCUT2D eigenvalue weighted by Gasteiger charge is -2.13. The summed E-state index contributed by atoms with van der Waals surface area (Å²) >= 11 is 9.22. The number of carboxylic acids is 1. The van der Waals surface area contributed by atoms with Crippen LogP contribution in [0.25, 0.3) is 20.7 Å². The summed E-state index contributed by atoms with van der Waals surface area (Å²) in [5, 5.41) is 12.3. The number of rotatable bonds is 5. The predicted molar refractivity (Wildman–Crippen MR) is 110 cm³/mol. The fraction of sp³-hybridized carbons (Fsp3) is 0.0526. The molecule has 0 saturated heterocycles. The molecule has 1 aromatic carbocycles. The minimum absolute atomic E-state index is 0.203. The normalized spacial score (nSPS) is 11.0. The predicted octanol–water partition coefficient (Wildman–Crippen LogP) is 5.10. The topological polar surface area (TPSA) is 71.3 Å². The van der Waals surface area contributed by atoms with Gasteiger partial charge in [-0.2, -0.15) is 0 Å². The summed E-state index contributed by atoms with van der Waals surface area (Å²) in [5.74, 6) is -1.34. The molecule has 3 heterocycles. The third-order valence-corrected chi connectivity index (χ3v) is 6.59. The number of hydrogen-bond acceptors (Lipinski definition) is 4. The molecule has 136 valence electrons. The van der Waals surface area contributed by atoms with Crippen LogP contribution in [0.4, 0.5) is 0 Å². The lowest BCUT2D eigenvalue weighted by Crippen LogP contribution is -2.25. The van der Waals surface area contributed by atoms with Gasteiger partial charge in [-0.15, -0.1) is 22.7 Å². The van der Waals surface area contributed by atoms with Crippen molar-refractivity contribution >= 4 is 56.2 Å². The van der Waals surface area contributed by atoms with Crippen LogP contribution in [0.1, 0.15) is 15.4 Å². The van der Waals surface area contributed by atoms with Crippen molar-refractivity contribution in [3.63, 3.8) is 0 Å². The molecule has 0 fully saturated rings. The smallest absolute Gasteiger partial charge is 0.309 e. The van der Waals surface area contributed by atoms with Crippen molar-refractivity contribution in [1.29, 1.82) is 0 Å². The molecule has 8 heteroatoms. The van der Waals surface area contributed by atoms with E-state index in [1.807, 2.05) is 41.8 Å². The number of amides is 1. The summed E-state index contributed by atoms with van der Waals surface area (Å²) in [4.78, 5) is 25.4. The summed E-state index contributed by atoms with van der Waals surface area (Å²) in [6.07, 6.45) is -0.203. The van der Waals surface area contributed by atoms with Crippen LogP contribution in [-0.2, 0) is 11.2 Å². The minimum Gasteiger partial charge on any atom is -0.481 e. The first-order valence-corrected chi connectivity index (χ1v) is 10.1. The Hall–Kier alpha value is -2.61. The van der Waals surface area contributed by atoms with E-state index >= 15 is 0 Å². The minimum atomic E-state index is -0.971. The van der Waals surface area contributed by atoms with E-state index in [1.54, 1.807) is 12.1 Å². The molecule has 0 radical (unpaired) electrons. The number of nitrogens with zero attached hydrogens (tertiary/aromatic N) is 1. The third-order valence-electron chi connectivity index (χ3n) is 4.02. The number of aliphatic carboxylic acids is 1.